The molecule has 1 saturated heterocycles. The summed E-state index contributed by atoms with van der Waals surface area (Å²) in [6.07, 6.45) is 7.15. The first-order valence-electron chi connectivity index (χ1n) is 11.9. The van der Waals surface area contributed by atoms with Crippen molar-refractivity contribution in [3.05, 3.63) is 71.8 Å². The molecule has 4 heteroatoms. The Morgan fingerprint density at radius 2 is 1.68 bits per heavy atom. The average Bonchev–Trinajstić information content (AvgIpc) is 3.28. The lowest BCUT2D eigenvalue weighted by Gasteiger charge is -2.38. The zero-order valence-corrected chi connectivity index (χ0v) is 19.2. The van der Waals surface area contributed by atoms with Crippen LogP contribution in [0.3, 0.4) is 0 Å². The van der Waals surface area contributed by atoms with Crippen LogP contribution < -0.4 is 11.1 Å². The third-order valence-electron chi connectivity index (χ3n) is 7.06. The predicted molar refractivity (Wildman–Crippen MR) is 129 cm³/mol. The van der Waals surface area contributed by atoms with E-state index in [4.69, 9.17) is 5.73 Å². The summed E-state index contributed by atoms with van der Waals surface area (Å²) < 4.78 is 0. The quantitative estimate of drug-likeness (QED) is 0.501. The summed E-state index contributed by atoms with van der Waals surface area (Å²) >= 11 is 0. The second-order valence-corrected chi connectivity index (χ2v) is 8.93. The number of benzene rings is 2. The molecule has 0 radical (unpaired) electrons. The van der Waals surface area contributed by atoms with E-state index in [-0.39, 0.29) is 11.8 Å². The molecule has 4 nitrogen and oxygen atoms in total. The maximum Gasteiger partial charge on any atom is 0.232 e. The minimum Gasteiger partial charge on any atom is -0.369 e. The summed E-state index contributed by atoms with van der Waals surface area (Å²) in [7, 11) is 2.03. The van der Waals surface area contributed by atoms with E-state index in [0.29, 0.717) is 6.04 Å². The van der Waals surface area contributed by atoms with Gasteiger partial charge < -0.3 is 11.1 Å². The third-order valence-corrected chi connectivity index (χ3v) is 7.06. The molecular formula is C27H39N3O. The number of carbonyl (C=O) groups is 1. The molecule has 1 aliphatic heterocycles. The fraction of sp³-hybridized carbons (Fsp3) is 0.519. The largest absolute Gasteiger partial charge is 0.369 e. The lowest BCUT2D eigenvalue weighted by molar-refractivity contribution is -0.123. The van der Waals surface area contributed by atoms with Crippen LogP contribution in [0.5, 0.6) is 0 Å². The normalized spacial score (nSPS) is 18.2. The lowest BCUT2D eigenvalue weighted by Crippen LogP contribution is -2.49. The van der Waals surface area contributed by atoms with Crippen molar-refractivity contribution < 1.29 is 4.79 Å². The Labute approximate surface area is 188 Å². The molecule has 1 amide bonds. The van der Waals surface area contributed by atoms with E-state index in [0.717, 1.165) is 43.6 Å². The number of hydrogen-bond donors (Lipinski definition) is 2. The zero-order chi connectivity index (χ0) is 22.1. The highest BCUT2D eigenvalue weighted by molar-refractivity contribution is 5.91. The van der Waals surface area contributed by atoms with E-state index in [9.17, 15) is 4.79 Å². The van der Waals surface area contributed by atoms with Gasteiger partial charge in [0.1, 0.15) is 5.41 Å². The number of hydrogen-bond acceptors (Lipinski definition) is 3. The first kappa shape index (κ1) is 23.5. The molecule has 3 N–H and O–H groups in total. The number of rotatable bonds is 12. The predicted octanol–water partition coefficient (Wildman–Crippen LogP) is 4.34. The van der Waals surface area contributed by atoms with Crippen molar-refractivity contribution in [2.75, 3.05) is 26.7 Å². The minimum absolute atomic E-state index is 0.165. The zero-order valence-electron chi connectivity index (χ0n) is 19.2. The van der Waals surface area contributed by atoms with Crippen LogP contribution in [0.25, 0.3) is 0 Å². The maximum atomic E-state index is 13.3. The van der Waals surface area contributed by atoms with E-state index in [1.807, 2.05) is 43.4 Å². The average molecular weight is 422 g/mol. The van der Waals surface area contributed by atoms with Crippen molar-refractivity contribution in [2.45, 2.75) is 56.9 Å². The van der Waals surface area contributed by atoms with Gasteiger partial charge in [-0.2, -0.15) is 0 Å². The fourth-order valence-electron chi connectivity index (χ4n) is 5.45. The van der Waals surface area contributed by atoms with Crippen LogP contribution in [0.4, 0.5) is 0 Å². The highest BCUT2D eigenvalue weighted by Gasteiger charge is 2.50. The molecule has 0 saturated carbocycles. The van der Waals surface area contributed by atoms with Crippen LogP contribution in [0.15, 0.2) is 60.7 Å². The molecule has 2 unspecified atom stereocenters. The first-order valence-corrected chi connectivity index (χ1v) is 11.9. The van der Waals surface area contributed by atoms with Crippen LogP contribution in [0.2, 0.25) is 0 Å². The molecule has 1 aliphatic rings. The monoisotopic (exact) mass is 421 g/mol. The van der Waals surface area contributed by atoms with E-state index in [1.165, 1.54) is 25.7 Å². The van der Waals surface area contributed by atoms with Gasteiger partial charge in [-0.1, -0.05) is 86.8 Å². The van der Waals surface area contributed by atoms with Gasteiger partial charge in [0.15, 0.2) is 0 Å². The maximum absolute atomic E-state index is 13.3. The summed E-state index contributed by atoms with van der Waals surface area (Å²) in [6, 6.07) is 20.9. The molecule has 2 aromatic carbocycles. The van der Waals surface area contributed by atoms with Crippen LogP contribution in [-0.2, 0) is 10.2 Å². The molecule has 31 heavy (non-hydrogen) atoms. The van der Waals surface area contributed by atoms with Crippen LogP contribution in [0, 0.1) is 5.92 Å². The van der Waals surface area contributed by atoms with Gasteiger partial charge in [-0.25, -0.2) is 0 Å². The molecule has 0 aromatic heterocycles. The Hall–Kier alpha value is -2.17. The number of amides is 1. The molecular weight excluding hydrogens is 382 g/mol. The van der Waals surface area contributed by atoms with E-state index in [1.54, 1.807) is 0 Å². The van der Waals surface area contributed by atoms with Gasteiger partial charge in [0.2, 0.25) is 5.91 Å². The van der Waals surface area contributed by atoms with Crippen molar-refractivity contribution in [1.29, 1.82) is 0 Å². The van der Waals surface area contributed by atoms with Gasteiger partial charge in [-0.15, -0.1) is 0 Å². The van der Waals surface area contributed by atoms with Gasteiger partial charge in [0, 0.05) is 12.6 Å². The highest BCUT2D eigenvalue weighted by atomic mass is 16.1. The molecule has 2 aromatic rings. The van der Waals surface area contributed by atoms with E-state index < -0.39 is 5.41 Å². The number of nitrogens with one attached hydrogen (secondary N) is 1. The molecule has 168 valence electrons. The number of unbranched alkanes of at least 4 members (excludes halogenated alkanes) is 2. The fourth-order valence-corrected chi connectivity index (χ4v) is 5.45. The van der Waals surface area contributed by atoms with Crippen molar-refractivity contribution in [3.8, 4) is 0 Å². The Bertz CT molecular complexity index is 753. The van der Waals surface area contributed by atoms with Crippen molar-refractivity contribution in [1.82, 2.24) is 10.2 Å². The molecule has 1 heterocycles. The van der Waals surface area contributed by atoms with Crippen LogP contribution in [0.1, 0.15) is 56.6 Å². The molecule has 3 rings (SSSR count). The number of likely N-dealkylation sites (tertiary alicyclic amines) is 1. The van der Waals surface area contributed by atoms with Crippen molar-refractivity contribution >= 4 is 5.91 Å². The number of primary amides is 1. The molecule has 0 spiro atoms. The first-order chi connectivity index (χ1) is 15.1. The molecule has 2 atom stereocenters. The summed E-state index contributed by atoms with van der Waals surface area (Å²) in [5, 5.41) is 3.32. The van der Waals surface area contributed by atoms with Crippen LogP contribution in [-0.4, -0.2) is 43.5 Å². The smallest absolute Gasteiger partial charge is 0.232 e. The van der Waals surface area contributed by atoms with E-state index >= 15 is 0 Å². The third kappa shape index (κ3) is 5.19. The van der Waals surface area contributed by atoms with Gasteiger partial charge in [0.05, 0.1) is 0 Å². The van der Waals surface area contributed by atoms with E-state index in [2.05, 4.69) is 41.4 Å². The summed E-state index contributed by atoms with van der Waals surface area (Å²) in [5.41, 5.74) is 7.48. The SMILES string of the molecule is CCCCCC(CCNC)N1CCC(C(C(N)=O)(c2ccccc2)c2ccccc2)C1. The topological polar surface area (TPSA) is 58.4 Å². The molecule has 1 fully saturated rings. The minimum atomic E-state index is -0.797. The number of carbonyl (C=O) groups excluding carboxylic acids is 1. The Kier molecular flexibility index (Phi) is 8.68. The Balaban J connectivity index is 1.93. The highest BCUT2D eigenvalue weighted by Crippen LogP contribution is 2.44. The summed E-state index contributed by atoms with van der Waals surface area (Å²) in [4.78, 5) is 15.9. The summed E-state index contributed by atoms with van der Waals surface area (Å²) in [5.74, 6) is -0.0763. The Morgan fingerprint density at radius 1 is 1.06 bits per heavy atom. The van der Waals surface area contributed by atoms with Crippen molar-refractivity contribution in [2.24, 2.45) is 11.7 Å². The van der Waals surface area contributed by atoms with Gasteiger partial charge in [0.25, 0.3) is 0 Å². The number of nitrogens with zero attached hydrogens (tertiary/aromatic N) is 1. The van der Waals surface area contributed by atoms with Crippen molar-refractivity contribution in [3.63, 3.8) is 0 Å². The van der Waals surface area contributed by atoms with Crippen LogP contribution >= 0.6 is 0 Å². The molecule has 0 aliphatic carbocycles. The Morgan fingerprint density at radius 3 is 2.19 bits per heavy atom. The second kappa shape index (κ2) is 11.4. The van der Waals surface area contributed by atoms with Gasteiger partial charge in [-0.3, -0.25) is 9.69 Å². The summed E-state index contributed by atoms with van der Waals surface area (Å²) in [6.45, 7) is 5.22. The molecule has 0 bridgehead atoms. The standard InChI is InChI=1S/C27H39N3O/c1-3-4-7-16-25(17-19-29-2)30-20-18-24(21-30)27(26(28)31,22-12-8-5-9-13-22)23-14-10-6-11-15-23/h5-6,8-15,24-25,29H,3-4,7,16-21H2,1-2H3,(H2,28,31). The van der Waals surface area contributed by atoms with Gasteiger partial charge >= 0.3 is 0 Å². The van der Waals surface area contributed by atoms with Gasteiger partial charge in [-0.05, 0) is 56.4 Å². The second-order valence-electron chi connectivity index (χ2n) is 8.93. The lowest BCUT2D eigenvalue weighted by atomic mass is 9.64. The number of nitrogens with two attached hydrogens (primary N) is 1.